The molecular formula is C17H26N2O3. The van der Waals surface area contributed by atoms with E-state index in [0.717, 1.165) is 12.8 Å². The molecule has 1 saturated carbocycles. The summed E-state index contributed by atoms with van der Waals surface area (Å²) in [6.45, 7) is 4.07. The van der Waals surface area contributed by atoms with Crippen LogP contribution in [0.15, 0.2) is 18.3 Å². The van der Waals surface area contributed by atoms with Gasteiger partial charge < -0.3 is 14.4 Å². The van der Waals surface area contributed by atoms with Crippen molar-refractivity contribution < 1.29 is 14.3 Å². The van der Waals surface area contributed by atoms with Crippen molar-refractivity contribution in [2.75, 3.05) is 19.1 Å². The van der Waals surface area contributed by atoms with Crippen molar-refractivity contribution in [3.05, 3.63) is 18.3 Å². The van der Waals surface area contributed by atoms with Crippen LogP contribution in [0.2, 0.25) is 0 Å². The molecule has 1 heterocycles. The number of ether oxygens (including phenoxy) is 2. The second-order valence-electron chi connectivity index (χ2n) is 6.10. The Kier molecular flexibility index (Phi) is 5.77. The van der Waals surface area contributed by atoms with Crippen molar-refractivity contribution in [2.45, 2.75) is 51.7 Å². The summed E-state index contributed by atoms with van der Waals surface area (Å²) in [6, 6.07) is 3.61. The number of aromatic nitrogens is 1. The summed E-state index contributed by atoms with van der Waals surface area (Å²) in [7, 11) is 3.28. The van der Waals surface area contributed by atoms with Gasteiger partial charge in [0.25, 0.3) is 5.91 Å². The summed E-state index contributed by atoms with van der Waals surface area (Å²) in [5.74, 6) is 1.04. The van der Waals surface area contributed by atoms with Gasteiger partial charge in [-0.05, 0) is 37.8 Å². The fourth-order valence-electron chi connectivity index (χ4n) is 3.04. The third kappa shape index (κ3) is 3.97. The van der Waals surface area contributed by atoms with Crippen molar-refractivity contribution in [3.63, 3.8) is 0 Å². The summed E-state index contributed by atoms with van der Waals surface area (Å²) in [5.41, 5.74) is 0.655. The maximum atomic E-state index is 12.6. The molecule has 122 valence electrons. The molecule has 0 bridgehead atoms. The highest BCUT2D eigenvalue weighted by Gasteiger charge is 2.27. The van der Waals surface area contributed by atoms with E-state index in [1.807, 2.05) is 13.0 Å². The second-order valence-corrected chi connectivity index (χ2v) is 6.10. The highest BCUT2D eigenvalue weighted by Crippen LogP contribution is 2.28. The molecule has 1 aromatic heterocycles. The molecule has 5 nitrogen and oxygen atoms in total. The highest BCUT2D eigenvalue weighted by atomic mass is 16.5. The van der Waals surface area contributed by atoms with E-state index in [-0.39, 0.29) is 12.0 Å². The Balaban J connectivity index is 2.00. The van der Waals surface area contributed by atoms with Gasteiger partial charge in [0.1, 0.15) is 11.8 Å². The first-order chi connectivity index (χ1) is 10.5. The minimum atomic E-state index is -0.467. The molecule has 1 aliphatic rings. The summed E-state index contributed by atoms with van der Waals surface area (Å²) >= 11 is 0. The first-order valence-corrected chi connectivity index (χ1v) is 7.95. The van der Waals surface area contributed by atoms with E-state index in [4.69, 9.17) is 9.47 Å². The Morgan fingerprint density at radius 3 is 2.91 bits per heavy atom. The summed E-state index contributed by atoms with van der Waals surface area (Å²) in [6.07, 6.45) is 5.88. The minimum absolute atomic E-state index is 0.0791. The number of pyridine rings is 1. The Labute approximate surface area is 132 Å². The number of hydrogen-bond donors (Lipinski definition) is 0. The summed E-state index contributed by atoms with van der Waals surface area (Å²) < 4.78 is 11.2. The molecule has 22 heavy (non-hydrogen) atoms. The van der Waals surface area contributed by atoms with E-state index in [1.165, 1.54) is 12.8 Å². The van der Waals surface area contributed by atoms with Gasteiger partial charge in [-0.2, -0.15) is 0 Å². The lowest BCUT2D eigenvalue weighted by atomic mass is 9.88. The number of nitrogens with zero attached hydrogens (tertiary/aromatic N) is 2. The monoisotopic (exact) mass is 306 g/mol. The van der Waals surface area contributed by atoms with Gasteiger partial charge in [0.05, 0.1) is 13.2 Å². The first-order valence-electron chi connectivity index (χ1n) is 7.95. The summed E-state index contributed by atoms with van der Waals surface area (Å²) in [4.78, 5) is 18.3. The first kappa shape index (κ1) is 16.7. The number of anilines is 1. The van der Waals surface area contributed by atoms with Crippen LogP contribution in [0.4, 0.5) is 5.69 Å². The zero-order valence-corrected chi connectivity index (χ0v) is 13.9. The van der Waals surface area contributed by atoms with Crippen molar-refractivity contribution in [3.8, 4) is 5.88 Å². The van der Waals surface area contributed by atoms with E-state index in [1.54, 1.807) is 31.3 Å². The Hall–Kier alpha value is -1.62. The second kappa shape index (κ2) is 7.58. The zero-order valence-electron chi connectivity index (χ0n) is 13.9. The van der Waals surface area contributed by atoms with E-state index in [2.05, 4.69) is 11.9 Å². The molecular weight excluding hydrogens is 280 g/mol. The third-order valence-electron chi connectivity index (χ3n) is 4.27. The van der Waals surface area contributed by atoms with Gasteiger partial charge in [-0.25, -0.2) is 4.98 Å². The Bertz CT molecular complexity index is 506. The van der Waals surface area contributed by atoms with Crippen LogP contribution in [0.3, 0.4) is 0 Å². The van der Waals surface area contributed by atoms with Crippen molar-refractivity contribution in [1.29, 1.82) is 0 Å². The van der Waals surface area contributed by atoms with Gasteiger partial charge in [-0.1, -0.05) is 19.8 Å². The van der Waals surface area contributed by atoms with Crippen LogP contribution in [0.5, 0.6) is 5.88 Å². The van der Waals surface area contributed by atoms with Gasteiger partial charge >= 0.3 is 0 Å². The Morgan fingerprint density at radius 2 is 2.23 bits per heavy atom. The molecule has 5 heteroatoms. The highest BCUT2D eigenvalue weighted by molar-refractivity contribution is 5.96. The van der Waals surface area contributed by atoms with Gasteiger partial charge in [-0.3, -0.25) is 4.79 Å². The molecule has 0 spiro atoms. The normalized spacial score (nSPS) is 22.9. The van der Waals surface area contributed by atoms with Crippen LogP contribution < -0.4 is 9.64 Å². The van der Waals surface area contributed by atoms with E-state index < -0.39 is 6.10 Å². The molecule has 1 fully saturated rings. The number of methoxy groups -OCH3 is 1. The van der Waals surface area contributed by atoms with Crippen molar-refractivity contribution in [2.24, 2.45) is 5.92 Å². The molecule has 0 aliphatic heterocycles. The lowest BCUT2D eigenvalue weighted by Gasteiger charge is -2.30. The zero-order chi connectivity index (χ0) is 16.1. The topological polar surface area (TPSA) is 51.7 Å². The predicted octanol–water partition coefficient (Wildman–Crippen LogP) is 3.04. The molecule has 0 aromatic carbocycles. The van der Waals surface area contributed by atoms with Crippen LogP contribution in [0.25, 0.3) is 0 Å². The van der Waals surface area contributed by atoms with Crippen LogP contribution in [-0.4, -0.2) is 37.3 Å². The molecule has 3 atom stereocenters. The fourth-order valence-corrected chi connectivity index (χ4v) is 3.04. The average molecular weight is 306 g/mol. The van der Waals surface area contributed by atoms with Crippen LogP contribution in [-0.2, 0) is 9.53 Å². The number of carbonyl (C=O) groups is 1. The maximum Gasteiger partial charge on any atom is 0.255 e. The minimum Gasteiger partial charge on any atom is -0.480 e. The molecule has 0 saturated heterocycles. The molecule has 0 unspecified atom stereocenters. The number of amides is 1. The number of carbonyl (C=O) groups excluding carboxylic acids is 1. The van der Waals surface area contributed by atoms with E-state index in [9.17, 15) is 4.79 Å². The van der Waals surface area contributed by atoms with Gasteiger partial charge in [0.15, 0.2) is 0 Å². The smallest absolute Gasteiger partial charge is 0.255 e. The molecule has 0 radical (unpaired) electrons. The molecule has 1 aliphatic carbocycles. The number of likely N-dealkylation sites (N-methyl/N-ethyl adjacent to an activating group) is 1. The van der Waals surface area contributed by atoms with Gasteiger partial charge in [-0.15, -0.1) is 0 Å². The average Bonchev–Trinajstić information content (AvgIpc) is 2.53. The number of hydrogen-bond acceptors (Lipinski definition) is 4. The van der Waals surface area contributed by atoms with Crippen LogP contribution >= 0.6 is 0 Å². The van der Waals surface area contributed by atoms with Gasteiger partial charge in [0.2, 0.25) is 5.88 Å². The Morgan fingerprint density at radius 1 is 1.45 bits per heavy atom. The molecule has 1 amide bonds. The largest absolute Gasteiger partial charge is 0.480 e. The van der Waals surface area contributed by atoms with Crippen LogP contribution in [0.1, 0.15) is 39.5 Å². The van der Waals surface area contributed by atoms with Gasteiger partial charge in [0, 0.05) is 13.2 Å². The fraction of sp³-hybridized carbons (Fsp3) is 0.647. The number of rotatable bonds is 5. The summed E-state index contributed by atoms with van der Waals surface area (Å²) in [5, 5.41) is 0. The van der Waals surface area contributed by atoms with E-state index in [0.29, 0.717) is 17.5 Å². The van der Waals surface area contributed by atoms with Crippen molar-refractivity contribution in [1.82, 2.24) is 4.98 Å². The quantitative estimate of drug-likeness (QED) is 0.839. The lowest BCUT2D eigenvalue weighted by molar-refractivity contribution is -0.134. The molecule has 1 aromatic rings. The van der Waals surface area contributed by atoms with E-state index >= 15 is 0 Å². The lowest BCUT2D eigenvalue weighted by Crippen LogP contribution is -2.39. The van der Waals surface area contributed by atoms with Crippen LogP contribution in [0, 0.1) is 5.92 Å². The standard InChI is InChI=1S/C17H26N2O3/c1-12-7-5-8-14(11-12)22-13(2)17(20)19(3)15-9-6-10-18-16(15)21-4/h6,9-10,12-14H,5,7-8,11H2,1-4H3/t12-,13-,14-/m0/s1. The molecule has 0 N–H and O–H groups in total. The third-order valence-corrected chi connectivity index (χ3v) is 4.27. The van der Waals surface area contributed by atoms with Crippen molar-refractivity contribution >= 4 is 11.6 Å². The predicted molar refractivity (Wildman–Crippen MR) is 86.2 cm³/mol. The maximum absolute atomic E-state index is 12.6. The SMILES string of the molecule is COc1ncccc1N(C)C(=O)[C@H](C)O[C@H]1CCC[C@H](C)C1. The molecule has 2 rings (SSSR count).